The molecule has 0 amide bonds. The average Bonchev–Trinajstić information content (AvgIpc) is 2.90. The summed E-state index contributed by atoms with van der Waals surface area (Å²) in [7, 11) is 3.27. The molecule has 0 aliphatic heterocycles. The van der Waals surface area contributed by atoms with Crippen LogP contribution in [0.3, 0.4) is 0 Å². The van der Waals surface area contributed by atoms with E-state index in [-0.39, 0.29) is 24.8 Å². The molecule has 112 valence electrons. The molecular weight excluding hydrogens is 313 g/mol. The van der Waals surface area contributed by atoms with Gasteiger partial charge in [0.05, 0.1) is 37.0 Å². The Kier molecular flexibility index (Phi) is 5.81. The highest BCUT2D eigenvalue weighted by molar-refractivity contribution is 5.85. The van der Waals surface area contributed by atoms with Crippen molar-refractivity contribution in [3.8, 4) is 22.9 Å². The van der Waals surface area contributed by atoms with Crippen LogP contribution in [0.5, 0.6) is 11.5 Å². The van der Waals surface area contributed by atoms with Gasteiger partial charge in [0, 0.05) is 6.20 Å². The van der Waals surface area contributed by atoms with Crippen molar-refractivity contribution >= 4 is 35.8 Å². The summed E-state index contributed by atoms with van der Waals surface area (Å²) in [5, 5.41) is 0. The van der Waals surface area contributed by atoms with E-state index in [1.54, 1.807) is 26.6 Å². The van der Waals surface area contributed by atoms with Crippen molar-refractivity contribution in [2.45, 2.75) is 0 Å². The van der Waals surface area contributed by atoms with Crippen LogP contribution in [0.2, 0.25) is 0 Å². The number of fused-ring (bicyclic) bond motifs is 1. The van der Waals surface area contributed by atoms with Crippen LogP contribution >= 0.6 is 24.8 Å². The molecule has 2 aromatic heterocycles. The largest absolute Gasteiger partial charge is 0.497 e. The molecule has 0 saturated heterocycles. The van der Waals surface area contributed by atoms with Crippen LogP contribution in [0.25, 0.3) is 22.4 Å². The maximum atomic E-state index is 5.36. The Hall–Kier alpha value is -1.98. The van der Waals surface area contributed by atoms with Crippen LogP contribution in [-0.2, 0) is 0 Å². The molecule has 3 rings (SSSR count). The number of halogens is 2. The molecule has 0 radical (unpaired) electrons. The molecule has 1 N–H and O–H groups in total. The van der Waals surface area contributed by atoms with Gasteiger partial charge in [-0.1, -0.05) is 0 Å². The highest BCUT2D eigenvalue weighted by Crippen LogP contribution is 2.32. The van der Waals surface area contributed by atoms with Gasteiger partial charge in [-0.05, 0) is 24.3 Å². The van der Waals surface area contributed by atoms with Gasteiger partial charge in [-0.15, -0.1) is 24.8 Å². The number of pyridine rings is 1. The highest BCUT2D eigenvalue weighted by Gasteiger charge is 2.11. The molecule has 7 heteroatoms. The van der Waals surface area contributed by atoms with Crippen molar-refractivity contribution in [1.29, 1.82) is 0 Å². The molecule has 3 aromatic rings. The fraction of sp³-hybridized carbons (Fsp3) is 0.143. The minimum Gasteiger partial charge on any atom is -0.497 e. The summed E-state index contributed by atoms with van der Waals surface area (Å²) in [6, 6.07) is 7.47. The maximum absolute atomic E-state index is 5.36. The van der Waals surface area contributed by atoms with Crippen molar-refractivity contribution in [2.24, 2.45) is 0 Å². The van der Waals surface area contributed by atoms with Crippen LogP contribution in [0.15, 0.2) is 36.7 Å². The summed E-state index contributed by atoms with van der Waals surface area (Å²) >= 11 is 0. The Balaban J connectivity index is 0.00000110. The number of hydrogen-bond donors (Lipinski definition) is 1. The number of aromatic nitrogens is 3. The smallest absolute Gasteiger partial charge is 0.142 e. The van der Waals surface area contributed by atoms with Gasteiger partial charge < -0.3 is 14.5 Å². The molecule has 0 aliphatic carbocycles. The lowest BCUT2D eigenvalue weighted by atomic mass is 10.2. The highest BCUT2D eigenvalue weighted by atomic mass is 35.5. The van der Waals surface area contributed by atoms with Gasteiger partial charge in [0.25, 0.3) is 0 Å². The van der Waals surface area contributed by atoms with E-state index >= 15 is 0 Å². The SMILES string of the molecule is COc1ccc(OC)c(-c2nc3ccncc3[nH]2)c1.Cl.Cl. The maximum Gasteiger partial charge on any atom is 0.142 e. The van der Waals surface area contributed by atoms with Crippen LogP contribution < -0.4 is 9.47 Å². The van der Waals surface area contributed by atoms with Crippen molar-refractivity contribution in [2.75, 3.05) is 14.2 Å². The quantitative estimate of drug-likeness (QED) is 0.800. The fourth-order valence-corrected chi connectivity index (χ4v) is 1.98. The van der Waals surface area contributed by atoms with Gasteiger partial charge >= 0.3 is 0 Å². The van der Waals surface area contributed by atoms with E-state index in [1.807, 2.05) is 24.3 Å². The molecule has 0 fully saturated rings. The van der Waals surface area contributed by atoms with Crippen LogP contribution in [0, 0.1) is 0 Å². The van der Waals surface area contributed by atoms with Crippen LogP contribution in [-0.4, -0.2) is 29.2 Å². The third-order valence-electron chi connectivity index (χ3n) is 2.95. The first-order chi connectivity index (χ1) is 9.31. The fourth-order valence-electron chi connectivity index (χ4n) is 1.98. The first-order valence-corrected chi connectivity index (χ1v) is 5.84. The standard InChI is InChI=1S/C14H13N3O2.2ClH/c1-18-9-3-4-13(19-2)10(7-9)14-16-11-5-6-15-8-12(11)17-14;;/h3-8H,1-2H3,(H,16,17);2*1H. The monoisotopic (exact) mass is 327 g/mol. The number of methoxy groups -OCH3 is 2. The van der Waals surface area contributed by atoms with Crippen molar-refractivity contribution in [3.63, 3.8) is 0 Å². The second-order valence-corrected chi connectivity index (χ2v) is 4.04. The summed E-state index contributed by atoms with van der Waals surface area (Å²) in [6.45, 7) is 0. The molecule has 0 aliphatic rings. The Morgan fingerprint density at radius 1 is 1.05 bits per heavy atom. The molecule has 0 saturated carbocycles. The number of benzene rings is 1. The van der Waals surface area contributed by atoms with Gasteiger partial charge in [0.2, 0.25) is 0 Å². The zero-order chi connectivity index (χ0) is 13.2. The van der Waals surface area contributed by atoms with E-state index in [9.17, 15) is 0 Å². The summed E-state index contributed by atoms with van der Waals surface area (Å²) in [5.41, 5.74) is 2.62. The Bertz CT molecular complexity index is 698. The minimum atomic E-state index is 0. The van der Waals surface area contributed by atoms with E-state index in [4.69, 9.17) is 9.47 Å². The zero-order valence-electron chi connectivity index (χ0n) is 11.5. The molecule has 1 aromatic carbocycles. The molecule has 0 spiro atoms. The molecule has 0 atom stereocenters. The van der Waals surface area contributed by atoms with Gasteiger partial charge in [-0.2, -0.15) is 0 Å². The first-order valence-electron chi connectivity index (χ1n) is 5.84. The summed E-state index contributed by atoms with van der Waals surface area (Å²) in [5.74, 6) is 2.24. The van der Waals surface area contributed by atoms with Crippen LogP contribution in [0.4, 0.5) is 0 Å². The number of imidazole rings is 1. The second kappa shape index (κ2) is 7.15. The number of rotatable bonds is 3. The number of nitrogens with zero attached hydrogens (tertiary/aromatic N) is 2. The van der Waals surface area contributed by atoms with Gasteiger partial charge in [0.15, 0.2) is 0 Å². The first kappa shape index (κ1) is 17.1. The minimum absolute atomic E-state index is 0. The van der Waals surface area contributed by atoms with Crippen LogP contribution in [0.1, 0.15) is 0 Å². The van der Waals surface area contributed by atoms with Gasteiger partial charge in [0.1, 0.15) is 17.3 Å². The molecule has 0 unspecified atom stereocenters. The number of nitrogens with one attached hydrogen (secondary N) is 1. The lowest BCUT2D eigenvalue weighted by Crippen LogP contribution is -1.91. The van der Waals surface area contributed by atoms with E-state index in [0.717, 1.165) is 33.9 Å². The van der Waals surface area contributed by atoms with E-state index in [2.05, 4.69) is 15.0 Å². The number of hydrogen-bond acceptors (Lipinski definition) is 4. The van der Waals surface area contributed by atoms with Crippen molar-refractivity contribution < 1.29 is 9.47 Å². The van der Waals surface area contributed by atoms with Gasteiger partial charge in [-0.25, -0.2) is 4.98 Å². The summed E-state index contributed by atoms with van der Waals surface area (Å²) < 4.78 is 10.6. The summed E-state index contributed by atoms with van der Waals surface area (Å²) in [6.07, 6.45) is 3.47. The molecule has 21 heavy (non-hydrogen) atoms. The molecular formula is C14H15Cl2N3O2. The number of aromatic amines is 1. The van der Waals surface area contributed by atoms with Crippen molar-refractivity contribution in [3.05, 3.63) is 36.7 Å². The predicted octanol–water partition coefficient (Wildman–Crippen LogP) is 3.49. The van der Waals surface area contributed by atoms with E-state index in [0.29, 0.717) is 0 Å². The Morgan fingerprint density at radius 2 is 1.86 bits per heavy atom. The molecule has 0 bridgehead atoms. The number of ether oxygens (including phenoxy) is 2. The zero-order valence-corrected chi connectivity index (χ0v) is 13.1. The molecule has 5 nitrogen and oxygen atoms in total. The van der Waals surface area contributed by atoms with Crippen molar-refractivity contribution in [1.82, 2.24) is 15.0 Å². The van der Waals surface area contributed by atoms with E-state index < -0.39 is 0 Å². The third kappa shape index (κ3) is 3.20. The Morgan fingerprint density at radius 3 is 2.52 bits per heavy atom. The van der Waals surface area contributed by atoms with Gasteiger partial charge in [-0.3, -0.25) is 4.98 Å². The van der Waals surface area contributed by atoms with E-state index in [1.165, 1.54) is 0 Å². The lowest BCUT2D eigenvalue weighted by molar-refractivity contribution is 0.404. The number of H-pyrrole nitrogens is 1. The summed E-state index contributed by atoms with van der Waals surface area (Å²) in [4.78, 5) is 11.8. The second-order valence-electron chi connectivity index (χ2n) is 4.04. The Labute approximate surface area is 134 Å². The lowest BCUT2D eigenvalue weighted by Gasteiger charge is -2.08. The predicted molar refractivity (Wildman–Crippen MR) is 86.9 cm³/mol. The average molecular weight is 328 g/mol. The third-order valence-corrected chi connectivity index (χ3v) is 2.95. The normalized spacial score (nSPS) is 9.62. The topological polar surface area (TPSA) is 60.0 Å². The molecule has 2 heterocycles.